The van der Waals surface area contributed by atoms with Crippen LogP contribution < -0.4 is 0 Å². The second kappa shape index (κ2) is 3.23. The van der Waals surface area contributed by atoms with Crippen molar-refractivity contribution < 1.29 is 9.90 Å². The molecule has 0 bridgehead atoms. The minimum absolute atomic E-state index is 0.115. The molecule has 1 N–H and O–H groups in total. The van der Waals surface area contributed by atoms with Crippen molar-refractivity contribution in [3.8, 4) is 0 Å². The zero-order valence-corrected chi connectivity index (χ0v) is 9.79. The second-order valence-electron chi connectivity index (χ2n) is 5.60. The molecule has 3 heteroatoms. The van der Waals surface area contributed by atoms with E-state index >= 15 is 0 Å². The highest BCUT2D eigenvalue weighted by Crippen LogP contribution is 2.33. The van der Waals surface area contributed by atoms with Crippen molar-refractivity contribution in [3.63, 3.8) is 0 Å². The molecule has 82 valence electrons. The van der Waals surface area contributed by atoms with Crippen molar-refractivity contribution in [2.75, 3.05) is 6.54 Å². The molecular weight excluding hydrogens is 178 g/mol. The largest absolute Gasteiger partial charge is 0.381 e. The van der Waals surface area contributed by atoms with Gasteiger partial charge in [-0.1, -0.05) is 6.92 Å². The molecule has 0 radical (unpaired) electrons. The molecule has 0 aromatic rings. The van der Waals surface area contributed by atoms with Gasteiger partial charge in [0.05, 0.1) is 0 Å². The van der Waals surface area contributed by atoms with E-state index in [1.165, 1.54) is 0 Å². The molecule has 0 spiro atoms. The third-order valence-corrected chi connectivity index (χ3v) is 2.84. The van der Waals surface area contributed by atoms with Crippen molar-refractivity contribution in [1.29, 1.82) is 0 Å². The van der Waals surface area contributed by atoms with E-state index in [1.54, 1.807) is 18.7 Å². The zero-order chi connectivity index (χ0) is 11.1. The Morgan fingerprint density at radius 3 is 2.29 bits per heavy atom. The fourth-order valence-electron chi connectivity index (χ4n) is 2.27. The predicted molar refractivity (Wildman–Crippen MR) is 55.9 cm³/mol. The Labute approximate surface area is 86.1 Å². The molecule has 0 aliphatic carbocycles. The van der Waals surface area contributed by atoms with Crippen LogP contribution in [0.25, 0.3) is 0 Å². The molecule has 1 heterocycles. The van der Waals surface area contributed by atoms with E-state index in [9.17, 15) is 9.90 Å². The monoisotopic (exact) mass is 199 g/mol. The maximum atomic E-state index is 11.9. The van der Waals surface area contributed by atoms with Crippen LogP contribution in [0.15, 0.2) is 0 Å². The molecule has 1 aliphatic rings. The molecular formula is C11H21NO2. The van der Waals surface area contributed by atoms with Crippen LogP contribution in [-0.4, -0.2) is 33.6 Å². The number of rotatable bonds is 1. The predicted octanol–water partition coefficient (Wildman–Crippen LogP) is 1.40. The molecule has 1 rings (SSSR count). The molecule has 1 saturated heterocycles. The third kappa shape index (κ3) is 2.08. The first-order chi connectivity index (χ1) is 6.14. The standard InChI is InChI=1S/C11H21NO2/c1-8-6-10(2,3)12(7-8)9(13)11(4,5)14/h8,14H,6-7H2,1-5H3. The van der Waals surface area contributed by atoms with Crippen LogP contribution in [0.2, 0.25) is 0 Å². The van der Waals surface area contributed by atoms with Crippen LogP contribution >= 0.6 is 0 Å². The summed E-state index contributed by atoms with van der Waals surface area (Å²) in [5.41, 5.74) is -1.36. The molecule has 14 heavy (non-hydrogen) atoms. The summed E-state index contributed by atoms with van der Waals surface area (Å²) in [6.45, 7) is 10.1. The SMILES string of the molecule is CC1CN(C(=O)C(C)(C)O)C(C)(C)C1. The van der Waals surface area contributed by atoms with Crippen LogP contribution in [0.1, 0.15) is 41.0 Å². The molecule has 1 amide bonds. The quantitative estimate of drug-likeness (QED) is 0.693. The lowest BCUT2D eigenvalue weighted by Gasteiger charge is -2.35. The van der Waals surface area contributed by atoms with Crippen LogP contribution in [-0.2, 0) is 4.79 Å². The number of carbonyl (C=O) groups excluding carboxylic acids is 1. The summed E-state index contributed by atoms with van der Waals surface area (Å²) in [7, 11) is 0. The van der Waals surface area contributed by atoms with Crippen LogP contribution in [0.5, 0.6) is 0 Å². The summed E-state index contributed by atoms with van der Waals surface area (Å²) in [5.74, 6) is 0.364. The van der Waals surface area contributed by atoms with E-state index in [0.717, 1.165) is 13.0 Å². The van der Waals surface area contributed by atoms with Crippen molar-refractivity contribution in [1.82, 2.24) is 4.90 Å². The van der Waals surface area contributed by atoms with E-state index in [4.69, 9.17) is 0 Å². The molecule has 0 saturated carbocycles. The lowest BCUT2D eigenvalue weighted by Crippen LogP contribution is -2.51. The van der Waals surface area contributed by atoms with Gasteiger partial charge in [0.15, 0.2) is 0 Å². The van der Waals surface area contributed by atoms with Crippen molar-refractivity contribution in [2.24, 2.45) is 5.92 Å². The van der Waals surface area contributed by atoms with Crippen molar-refractivity contribution in [2.45, 2.75) is 52.2 Å². The van der Waals surface area contributed by atoms with Gasteiger partial charge in [0.1, 0.15) is 5.60 Å². The van der Waals surface area contributed by atoms with Gasteiger partial charge in [-0.25, -0.2) is 0 Å². The number of amides is 1. The van der Waals surface area contributed by atoms with Crippen LogP contribution in [0, 0.1) is 5.92 Å². The summed E-state index contributed by atoms with van der Waals surface area (Å²) in [5, 5.41) is 9.67. The van der Waals surface area contributed by atoms with E-state index < -0.39 is 5.60 Å². The van der Waals surface area contributed by atoms with Crippen LogP contribution in [0.3, 0.4) is 0 Å². The fraction of sp³-hybridized carbons (Fsp3) is 0.909. The highest BCUT2D eigenvalue weighted by molar-refractivity contribution is 5.85. The van der Waals surface area contributed by atoms with Gasteiger partial charge in [0.2, 0.25) is 0 Å². The Balaban J connectivity index is 2.84. The van der Waals surface area contributed by atoms with E-state index in [0.29, 0.717) is 5.92 Å². The first-order valence-electron chi connectivity index (χ1n) is 5.19. The van der Waals surface area contributed by atoms with E-state index in [2.05, 4.69) is 20.8 Å². The van der Waals surface area contributed by atoms with Gasteiger partial charge in [-0.05, 0) is 40.0 Å². The number of likely N-dealkylation sites (tertiary alicyclic amines) is 1. The zero-order valence-electron chi connectivity index (χ0n) is 9.79. The minimum atomic E-state index is -1.25. The smallest absolute Gasteiger partial charge is 0.254 e. The van der Waals surface area contributed by atoms with Gasteiger partial charge in [0, 0.05) is 12.1 Å². The summed E-state index contributed by atoms with van der Waals surface area (Å²) >= 11 is 0. The lowest BCUT2D eigenvalue weighted by molar-refractivity contribution is -0.151. The number of nitrogens with zero attached hydrogens (tertiary/aromatic N) is 1. The summed E-state index contributed by atoms with van der Waals surface area (Å²) in [4.78, 5) is 13.7. The fourth-order valence-corrected chi connectivity index (χ4v) is 2.27. The highest BCUT2D eigenvalue weighted by atomic mass is 16.3. The summed E-state index contributed by atoms with van der Waals surface area (Å²) in [6.07, 6.45) is 1.01. The van der Waals surface area contributed by atoms with Gasteiger partial charge in [-0.3, -0.25) is 4.79 Å². The van der Waals surface area contributed by atoms with Crippen LogP contribution in [0.4, 0.5) is 0 Å². The molecule has 1 atom stereocenters. The second-order valence-corrected chi connectivity index (χ2v) is 5.60. The first-order valence-corrected chi connectivity index (χ1v) is 5.19. The van der Waals surface area contributed by atoms with Gasteiger partial charge >= 0.3 is 0 Å². The summed E-state index contributed by atoms with van der Waals surface area (Å²) < 4.78 is 0. The molecule has 0 aromatic heterocycles. The number of hydrogen-bond acceptors (Lipinski definition) is 2. The average Bonchev–Trinajstić information content (AvgIpc) is 2.20. The Morgan fingerprint density at radius 2 is 2.00 bits per heavy atom. The summed E-state index contributed by atoms with van der Waals surface area (Å²) in [6, 6.07) is 0. The first kappa shape index (κ1) is 11.5. The Morgan fingerprint density at radius 1 is 1.50 bits per heavy atom. The number of hydrogen-bond donors (Lipinski definition) is 1. The van der Waals surface area contributed by atoms with Crippen molar-refractivity contribution >= 4 is 5.91 Å². The Kier molecular flexibility index (Phi) is 2.65. The highest BCUT2D eigenvalue weighted by Gasteiger charge is 2.43. The van der Waals surface area contributed by atoms with E-state index in [1.807, 2.05) is 0 Å². The van der Waals surface area contributed by atoms with Gasteiger partial charge in [-0.15, -0.1) is 0 Å². The molecule has 1 fully saturated rings. The maximum Gasteiger partial charge on any atom is 0.254 e. The van der Waals surface area contributed by atoms with Gasteiger partial charge < -0.3 is 10.0 Å². The minimum Gasteiger partial charge on any atom is -0.381 e. The van der Waals surface area contributed by atoms with Gasteiger partial charge in [-0.2, -0.15) is 0 Å². The van der Waals surface area contributed by atoms with Crippen molar-refractivity contribution in [3.05, 3.63) is 0 Å². The Bertz CT molecular complexity index is 240. The Hall–Kier alpha value is -0.570. The molecule has 3 nitrogen and oxygen atoms in total. The van der Waals surface area contributed by atoms with Gasteiger partial charge in [0.25, 0.3) is 5.91 Å². The number of carbonyl (C=O) groups is 1. The molecule has 1 aliphatic heterocycles. The molecule has 1 unspecified atom stereocenters. The van der Waals surface area contributed by atoms with E-state index in [-0.39, 0.29) is 11.4 Å². The topological polar surface area (TPSA) is 40.5 Å². The number of aliphatic hydroxyl groups is 1. The maximum absolute atomic E-state index is 11.9. The third-order valence-electron chi connectivity index (χ3n) is 2.84. The average molecular weight is 199 g/mol. The lowest BCUT2D eigenvalue weighted by atomic mass is 9.96. The molecule has 0 aromatic carbocycles. The normalized spacial score (nSPS) is 26.7.